The van der Waals surface area contributed by atoms with E-state index in [0.717, 1.165) is 31.2 Å². The van der Waals surface area contributed by atoms with E-state index >= 15 is 0 Å². The maximum atomic E-state index is 13.8. The lowest BCUT2D eigenvalue weighted by Crippen LogP contribution is -2.47. The monoisotopic (exact) mass is 443 g/mol. The van der Waals surface area contributed by atoms with Gasteiger partial charge in [-0.05, 0) is 36.8 Å². The second-order valence-corrected chi connectivity index (χ2v) is 7.41. The number of rotatable bonds is 4. The Bertz CT molecular complexity index is 1030. The molecule has 3 N–H and O–H groups in total. The standard InChI is InChI=1S/C20H18F5N3O3/c1-9-15(10-3-4-12(21)13(22)7-10)16(31-19(9,2)20(23,24)25)18(30)28-11-5-6-27-14(8-11)17(26)29/h3-9,15-16H,1-2H3,(H2,26,29)(H,27,28,30)/t9-,15-,16+,19-/m1/s1. The predicted octanol–water partition coefficient (Wildman–Crippen LogP) is 3.54. The summed E-state index contributed by atoms with van der Waals surface area (Å²) in [4.78, 5) is 27.9. The highest BCUT2D eigenvalue weighted by Crippen LogP contribution is 2.53. The highest BCUT2D eigenvalue weighted by Gasteiger charge is 2.65. The van der Waals surface area contributed by atoms with Gasteiger partial charge in [0.2, 0.25) is 0 Å². The number of carbonyl (C=O) groups excluding carboxylic acids is 2. The van der Waals surface area contributed by atoms with Crippen LogP contribution < -0.4 is 11.1 Å². The number of nitrogens with one attached hydrogen (secondary N) is 1. The minimum Gasteiger partial charge on any atom is -0.364 e. The molecule has 1 aromatic carbocycles. The molecule has 0 spiro atoms. The lowest BCUT2D eigenvalue weighted by molar-refractivity contribution is -0.272. The number of ether oxygens (including phenoxy) is 1. The smallest absolute Gasteiger partial charge is 0.364 e. The molecule has 2 aromatic rings. The maximum Gasteiger partial charge on any atom is 0.417 e. The van der Waals surface area contributed by atoms with Crippen LogP contribution in [-0.2, 0) is 9.53 Å². The second-order valence-electron chi connectivity index (χ2n) is 7.41. The van der Waals surface area contributed by atoms with Gasteiger partial charge in [0.15, 0.2) is 17.2 Å². The molecule has 1 fully saturated rings. The molecule has 2 heterocycles. The summed E-state index contributed by atoms with van der Waals surface area (Å²) in [5, 5.41) is 2.37. The van der Waals surface area contributed by atoms with E-state index < -0.39 is 53.2 Å². The van der Waals surface area contributed by atoms with E-state index in [4.69, 9.17) is 10.5 Å². The molecule has 2 amide bonds. The third-order valence-electron chi connectivity index (χ3n) is 5.54. The highest BCUT2D eigenvalue weighted by molar-refractivity contribution is 5.97. The molecule has 0 unspecified atom stereocenters. The van der Waals surface area contributed by atoms with Gasteiger partial charge in [0, 0.05) is 23.7 Å². The summed E-state index contributed by atoms with van der Waals surface area (Å²) < 4.78 is 73.7. The van der Waals surface area contributed by atoms with Crippen LogP contribution in [0.5, 0.6) is 0 Å². The summed E-state index contributed by atoms with van der Waals surface area (Å²) in [7, 11) is 0. The van der Waals surface area contributed by atoms with Crippen LogP contribution in [0.25, 0.3) is 0 Å². The molecule has 166 valence electrons. The van der Waals surface area contributed by atoms with Crippen molar-refractivity contribution in [3.05, 3.63) is 59.4 Å². The van der Waals surface area contributed by atoms with Crippen LogP contribution in [-0.4, -0.2) is 34.7 Å². The number of nitrogens with zero attached hydrogens (tertiary/aromatic N) is 1. The number of halogens is 5. The van der Waals surface area contributed by atoms with Crippen molar-refractivity contribution in [2.45, 2.75) is 37.6 Å². The van der Waals surface area contributed by atoms with Crippen LogP contribution in [0.3, 0.4) is 0 Å². The first-order chi connectivity index (χ1) is 14.3. The van der Waals surface area contributed by atoms with Crippen molar-refractivity contribution < 1.29 is 36.3 Å². The molecule has 6 nitrogen and oxygen atoms in total. The second kappa shape index (κ2) is 7.88. The first kappa shape index (κ1) is 22.6. The highest BCUT2D eigenvalue weighted by atomic mass is 19.4. The van der Waals surface area contributed by atoms with Crippen LogP contribution in [0.2, 0.25) is 0 Å². The molecule has 0 bridgehead atoms. The van der Waals surface area contributed by atoms with Gasteiger partial charge in [-0.2, -0.15) is 13.2 Å². The van der Waals surface area contributed by atoms with Crippen molar-refractivity contribution >= 4 is 17.5 Å². The number of carbonyl (C=O) groups is 2. The number of amides is 2. The number of anilines is 1. The van der Waals surface area contributed by atoms with Crippen molar-refractivity contribution in [1.82, 2.24) is 4.98 Å². The van der Waals surface area contributed by atoms with Gasteiger partial charge in [-0.25, -0.2) is 8.78 Å². The van der Waals surface area contributed by atoms with Crippen molar-refractivity contribution in [1.29, 1.82) is 0 Å². The number of hydrogen-bond donors (Lipinski definition) is 2. The Labute approximate surface area is 173 Å². The summed E-state index contributed by atoms with van der Waals surface area (Å²) in [6.07, 6.45) is -5.34. The van der Waals surface area contributed by atoms with Gasteiger partial charge in [-0.15, -0.1) is 0 Å². The molecule has 1 aromatic heterocycles. The van der Waals surface area contributed by atoms with Gasteiger partial charge in [0.05, 0.1) is 0 Å². The van der Waals surface area contributed by atoms with Gasteiger partial charge in [0.25, 0.3) is 11.8 Å². The molecule has 0 saturated carbocycles. The zero-order chi connectivity index (χ0) is 23.1. The molecule has 0 aliphatic carbocycles. The zero-order valence-electron chi connectivity index (χ0n) is 16.3. The lowest BCUT2D eigenvalue weighted by atomic mass is 9.77. The molecule has 31 heavy (non-hydrogen) atoms. The minimum absolute atomic E-state index is 0.0212. The average Bonchev–Trinajstić information content (AvgIpc) is 2.96. The normalized spacial score (nSPS) is 26.0. The van der Waals surface area contributed by atoms with Crippen LogP contribution >= 0.6 is 0 Å². The first-order valence-corrected chi connectivity index (χ1v) is 9.11. The lowest BCUT2D eigenvalue weighted by Gasteiger charge is -2.31. The van der Waals surface area contributed by atoms with Crippen LogP contribution in [0, 0.1) is 17.6 Å². The number of hydrogen-bond acceptors (Lipinski definition) is 4. The first-order valence-electron chi connectivity index (χ1n) is 9.11. The molecule has 3 rings (SSSR count). The predicted molar refractivity (Wildman–Crippen MR) is 99.0 cm³/mol. The zero-order valence-corrected chi connectivity index (χ0v) is 16.3. The van der Waals surface area contributed by atoms with Gasteiger partial charge >= 0.3 is 6.18 Å². The fourth-order valence-electron chi connectivity index (χ4n) is 3.63. The largest absolute Gasteiger partial charge is 0.417 e. The van der Waals surface area contributed by atoms with Gasteiger partial charge in [-0.3, -0.25) is 14.6 Å². The van der Waals surface area contributed by atoms with Crippen molar-refractivity contribution in [3.8, 4) is 0 Å². The Morgan fingerprint density at radius 3 is 2.42 bits per heavy atom. The van der Waals surface area contributed by atoms with Crippen LogP contribution in [0.1, 0.15) is 35.8 Å². The molecular weight excluding hydrogens is 425 g/mol. The molecule has 4 atom stereocenters. The maximum absolute atomic E-state index is 13.8. The summed E-state index contributed by atoms with van der Waals surface area (Å²) in [6, 6.07) is 5.09. The Hall–Kier alpha value is -3.08. The Morgan fingerprint density at radius 1 is 1.16 bits per heavy atom. The van der Waals surface area contributed by atoms with E-state index in [-0.39, 0.29) is 16.9 Å². The van der Waals surface area contributed by atoms with E-state index in [1.807, 2.05) is 0 Å². The van der Waals surface area contributed by atoms with Crippen molar-refractivity contribution in [2.24, 2.45) is 11.7 Å². The fourth-order valence-corrected chi connectivity index (χ4v) is 3.63. The summed E-state index contributed by atoms with van der Waals surface area (Å²) >= 11 is 0. The summed E-state index contributed by atoms with van der Waals surface area (Å²) in [6.45, 7) is 2.03. The molecular formula is C20H18F5N3O3. The van der Waals surface area contributed by atoms with Crippen molar-refractivity contribution in [3.63, 3.8) is 0 Å². The van der Waals surface area contributed by atoms with E-state index in [9.17, 15) is 31.5 Å². The van der Waals surface area contributed by atoms with Gasteiger partial charge in [-0.1, -0.05) is 13.0 Å². The van der Waals surface area contributed by atoms with E-state index in [2.05, 4.69) is 10.3 Å². The number of primary amides is 1. The van der Waals surface area contributed by atoms with E-state index in [0.29, 0.717) is 0 Å². The van der Waals surface area contributed by atoms with Gasteiger partial charge < -0.3 is 15.8 Å². The average molecular weight is 443 g/mol. The summed E-state index contributed by atoms with van der Waals surface area (Å²) in [5.74, 6) is -6.82. The van der Waals surface area contributed by atoms with Crippen molar-refractivity contribution in [2.75, 3.05) is 5.32 Å². The van der Waals surface area contributed by atoms with Crippen LogP contribution in [0.15, 0.2) is 36.5 Å². The number of benzene rings is 1. The topological polar surface area (TPSA) is 94.3 Å². The minimum atomic E-state index is -4.84. The third-order valence-corrected chi connectivity index (χ3v) is 5.54. The SMILES string of the molecule is C[C@@H]1[C@H](c2ccc(F)c(F)c2)[C@@H](C(=O)Nc2ccnc(C(N)=O)c2)O[C@@]1(C)C(F)(F)F. The fraction of sp³-hybridized carbons (Fsp3) is 0.350. The Balaban J connectivity index is 2.00. The quantitative estimate of drug-likeness (QED) is 0.707. The molecule has 1 saturated heterocycles. The Kier molecular flexibility index (Phi) is 5.74. The van der Waals surface area contributed by atoms with E-state index in [1.54, 1.807) is 0 Å². The van der Waals surface area contributed by atoms with Crippen LogP contribution in [0.4, 0.5) is 27.6 Å². The van der Waals surface area contributed by atoms with E-state index in [1.165, 1.54) is 19.2 Å². The number of alkyl halides is 3. The number of aromatic nitrogens is 1. The number of pyridine rings is 1. The third kappa shape index (κ3) is 4.09. The summed E-state index contributed by atoms with van der Waals surface area (Å²) in [5.41, 5.74) is 2.27. The molecule has 1 aliphatic heterocycles. The van der Waals surface area contributed by atoms with Gasteiger partial charge in [0.1, 0.15) is 11.8 Å². The molecule has 1 aliphatic rings. The molecule has 0 radical (unpaired) electrons. The number of nitrogens with two attached hydrogens (primary N) is 1. The molecule has 11 heteroatoms. The Morgan fingerprint density at radius 2 is 1.84 bits per heavy atom.